The van der Waals surface area contributed by atoms with Crippen LogP contribution in [0.15, 0.2) is 97.1 Å². The van der Waals surface area contributed by atoms with Crippen LogP contribution in [0.2, 0.25) is 5.02 Å². The fourth-order valence-electron chi connectivity index (χ4n) is 4.77. The summed E-state index contributed by atoms with van der Waals surface area (Å²) in [7, 11) is -3.88. The largest absolute Gasteiger partial charge is 0.352 e. The van der Waals surface area contributed by atoms with Gasteiger partial charge in [0.15, 0.2) is 0 Å². The summed E-state index contributed by atoms with van der Waals surface area (Å²) in [6.45, 7) is 3.24. The monoisotopic (exact) mass is 591 g/mol. The number of rotatable bonds is 11. The summed E-state index contributed by atoms with van der Waals surface area (Å²) in [4.78, 5) is 29.3. The highest BCUT2D eigenvalue weighted by Gasteiger charge is 2.33. The number of benzene rings is 4. The van der Waals surface area contributed by atoms with Gasteiger partial charge in [-0.3, -0.25) is 13.9 Å². The SMILES string of the molecule is CC(C)NC(=O)[C@@H](Cc1ccccc1)N(Cc1ccccc1Cl)C(=O)CN(c1cccc2ccccc12)S(C)(=O)=O. The highest BCUT2D eigenvalue weighted by atomic mass is 35.5. The molecule has 4 aromatic rings. The molecule has 4 aromatic carbocycles. The van der Waals surface area contributed by atoms with Crippen molar-refractivity contribution < 1.29 is 18.0 Å². The summed E-state index contributed by atoms with van der Waals surface area (Å²) in [5, 5.41) is 4.93. The maximum atomic E-state index is 14.2. The lowest BCUT2D eigenvalue weighted by Gasteiger charge is -2.34. The zero-order valence-corrected chi connectivity index (χ0v) is 24.9. The third-order valence-corrected chi connectivity index (χ3v) is 8.21. The second kappa shape index (κ2) is 13.2. The summed E-state index contributed by atoms with van der Waals surface area (Å²) in [6, 6.07) is 28.2. The number of anilines is 1. The van der Waals surface area contributed by atoms with Gasteiger partial charge in [0.25, 0.3) is 0 Å². The molecule has 0 saturated carbocycles. The summed E-state index contributed by atoms with van der Waals surface area (Å²) >= 11 is 6.50. The van der Waals surface area contributed by atoms with Gasteiger partial charge in [0.1, 0.15) is 12.6 Å². The standard InChI is InChI=1S/C32H34ClN3O4S/c1-23(2)34-32(38)30(20-24-12-5-4-6-13-24)35(21-26-15-8-10-18-28(26)33)31(37)22-36(41(3,39)40)29-19-11-16-25-14-7-9-17-27(25)29/h4-19,23,30H,20-22H2,1-3H3,(H,34,38)/t30-/m1/s1. The number of nitrogens with one attached hydrogen (secondary N) is 1. The van der Waals surface area contributed by atoms with E-state index in [4.69, 9.17) is 11.6 Å². The van der Waals surface area contributed by atoms with Gasteiger partial charge >= 0.3 is 0 Å². The van der Waals surface area contributed by atoms with Gasteiger partial charge in [0.05, 0.1) is 11.9 Å². The number of fused-ring (bicyclic) bond motifs is 1. The fourth-order valence-corrected chi connectivity index (χ4v) is 5.82. The molecule has 214 valence electrons. The molecule has 1 atom stereocenters. The van der Waals surface area contributed by atoms with Crippen molar-refractivity contribution in [2.24, 2.45) is 0 Å². The van der Waals surface area contributed by atoms with Gasteiger partial charge in [-0.15, -0.1) is 0 Å². The number of carbonyl (C=O) groups excluding carboxylic acids is 2. The maximum Gasteiger partial charge on any atom is 0.244 e. The number of halogens is 1. The fraction of sp³-hybridized carbons (Fsp3) is 0.250. The van der Waals surface area contributed by atoms with Gasteiger partial charge in [-0.1, -0.05) is 96.5 Å². The number of nitrogens with zero attached hydrogens (tertiary/aromatic N) is 2. The van der Waals surface area contributed by atoms with Crippen molar-refractivity contribution in [2.75, 3.05) is 17.1 Å². The van der Waals surface area contributed by atoms with Crippen LogP contribution in [0.3, 0.4) is 0 Å². The maximum absolute atomic E-state index is 14.2. The number of carbonyl (C=O) groups is 2. The average molecular weight is 592 g/mol. The van der Waals surface area contributed by atoms with E-state index >= 15 is 0 Å². The Kier molecular flexibility index (Phi) is 9.68. The summed E-state index contributed by atoms with van der Waals surface area (Å²) in [5.41, 5.74) is 1.90. The molecule has 0 bridgehead atoms. The van der Waals surface area contributed by atoms with E-state index in [1.807, 2.05) is 80.6 Å². The zero-order chi connectivity index (χ0) is 29.6. The molecule has 0 aliphatic carbocycles. The minimum absolute atomic E-state index is 0.0225. The lowest BCUT2D eigenvalue weighted by atomic mass is 10.0. The normalized spacial score (nSPS) is 12.2. The molecule has 0 aromatic heterocycles. The number of hydrogen-bond acceptors (Lipinski definition) is 4. The highest BCUT2D eigenvalue weighted by Crippen LogP contribution is 2.29. The molecule has 0 saturated heterocycles. The summed E-state index contributed by atoms with van der Waals surface area (Å²) in [6.07, 6.45) is 1.32. The van der Waals surface area contributed by atoms with Crippen LogP contribution in [0.4, 0.5) is 5.69 Å². The minimum atomic E-state index is -3.88. The Morgan fingerprint density at radius 3 is 2.17 bits per heavy atom. The van der Waals surface area contributed by atoms with Crippen LogP contribution in [-0.4, -0.2) is 50.0 Å². The van der Waals surface area contributed by atoms with Crippen molar-refractivity contribution in [1.82, 2.24) is 10.2 Å². The van der Waals surface area contributed by atoms with E-state index in [0.29, 0.717) is 21.7 Å². The molecule has 0 spiro atoms. The topological polar surface area (TPSA) is 86.8 Å². The first-order valence-corrected chi connectivity index (χ1v) is 15.6. The van der Waals surface area contributed by atoms with Crippen molar-refractivity contribution in [1.29, 1.82) is 0 Å². The van der Waals surface area contributed by atoms with Crippen molar-refractivity contribution in [3.63, 3.8) is 0 Å². The Bertz CT molecular complexity index is 1620. The molecule has 9 heteroatoms. The Balaban J connectivity index is 1.79. The lowest BCUT2D eigenvalue weighted by Crippen LogP contribution is -2.54. The van der Waals surface area contributed by atoms with E-state index in [0.717, 1.165) is 21.5 Å². The van der Waals surface area contributed by atoms with Crippen LogP contribution in [0.1, 0.15) is 25.0 Å². The van der Waals surface area contributed by atoms with Crippen LogP contribution >= 0.6 is 11.6 Å². The first-order valence-electron chi connectivity index (χ1n) is 13.4. The van der Waals surface area contributed by atoms with Crippen molar-refractivity contribution in [2.45, 2.75) is 38.9 Å². The smallest absolute Gasteiger partial charge is 0.244 e. The molecule has 41 heavy (non-hydrogen) atoms. The van der Waals surface area contributed by atoms with Crippen molar-refractivity contribution in [3.05, 3.63) is 113 Å². The van der Waals surface area contributed by atoms with E-state index in [1.54, 1.807) is 30.3 Å². The predicted molar refractivity (Wildman–Crippen MR) is 165 cm³/mol. The molecule has 1 N–H and O–H groups in total. The van der Waals surface area contributed by atoms with Crippen LogP contribution in [0.25, 0.3) is 10.8 Å². The average Bonchev–Trinajstić information content (AvgIpc) is 2.93. The zero-order valence-electron chi connectivity index (χ0n) is 23.3. The van der Waals surface area contributed by atoms with E-state index < -0.39 is 28.5 Å². The van der Waals surface area contributed by atoms with Gasteiger partial charge in [0.2, 0.25) is 21.8 Å². The quantitative estimate of drug-likeness (QED) is 0.252. The molecule has 0 heterocycles. The first-order chi connectivity index (χ1) is 19.5. The molecule has 7 nitrogen and oxygen atoms in total. The van der Waals surface area contributed by atoms with Crippen LogP contribution in [0.5, 0.6) is 0 Å². The molecule has 0 unspecified atom stereocenters. The van der Waals surface area contributed by atoms with E-state index in [9.17, 15) is 18.0 Å². The van der Waals surface area contributed by atoms with Crippen LogP contribution in [-0.2, 0) is 32.6 Å². The highest BCUT2D eigenvalue weighted by molar-refractivity contribution is 7.92. The minimum Gasteiger partial charge on any atom is -0.352 e. The third-order valence-electron chi connectivity index (χ3n) is 6.72. The number of amides is 2. The summed E-state index contributed by atoms with van der Waals surface area (Å²) in [5.74, 6) is -0.858. The Morgan fingerprint density at radius 2 is 1.49 bits per heavy atom. The first kappa shape index (κ1) is 30.1. The van der Waals surface area contributed by atoms with E-state index in [2.05, 4.69) is 5.32 Å². The number of hydrogen-bond donors (Lipinski definition) is 1. The molecule has 0 aliphatic rings. The molecule has 2 amide bonds. The molecular weight excluding hydrogens is 558 g/mol. The Hall–Kier alpha value is -3.88. The molecule has 4 rings (SSSR count). The molecule has 0 radical (unpaired) electrons. The Labute approximate surface area is 246 Å². The van der Waals surface area contributed by atoms with Crippen molar-refractivity contribution in [3.8, 4) is 0 Å². The van der Waals surface area contributed by atoms with Crippen LogP contribution < -0.4 is 9.62 Å². The van der Waals surface area contributed by atoms with Gasteiger partial charge in [-0.2, -0.15) is 0 Å². The number of sulfonamides is 1. The third kappa shape index (κ3) is 7.65. The van der Waals surface area contributed by atoms with E-state index in [1.165, 1.54) is 4.90 Å². The lowest BCUT2D eigenvalue weighted by molar-refractivity contribution is -0.140. The second-order valence-corrected chi connectivity index (χ2v) is 12.6. The molecule has 0 aliphatic heterocycles. The second-order valence-electron chi connectivity index (χ2n) is 10.2. The summed E-state index contributed by atoms with van der Waals surface area (Å²) < 4.78 is 27.4. The van der Waals surface area contributed by atoms with Crippen molar-refractivity contribution >= 4 is 49.9 Å². The van der Waals surface area contributed by atoms with Gasteiger partial charge in [-0.05, 0) is 42.5 Å². The Morgan fingerprint density at radius 1 is 0.854 bits per heavy atom. The predicted octanol–water partition coefficient (Wildman–Crippen LogP) is 5.42. The van der Waals surface area contributed by atoms with Gasteiger partial charge in [0, 0.05) is 29.4 Å². The molecule has 0 fully saturated rings. The van der Waals surface area contributed by atoms with E-state index in [-0.39, 0.29) is 24.9 Å². The van der Waals surface area contributed by atoms with Gasteiger partial charge < -0.3 is 10.2 Å². The van der Waals surface area contributed by atoms with Gasteiger partial charge in [-0.25, -0.2) is 8.42 Å². The molecular formula is C32H34ClN3O4S. The van der Waals surface area contributed by atoms with Crippen LogP contribution in [0, 0.1) is 0 Å².